The second-order valence-electron chi connectivity index (χ2n) is 8.06. The molecule has 0 amide bonds. The molecule has 0 N–H and O–H groups in total. The number of imidazole rings is 1. The smallest absolute Gasteiger partial charge is 0.144 e. The summed E-state index contributed by atoms with van der Waals surface area (Å²) < 4.78 is 2.30. The molecule has 0 aliphatic carbocycles. The SMILES string of the molecule is Cc1ccccc1-c1nccn1-c1c(CC(C)C)cccc1CC(C)C. The van der Waals surface area contributed by atoms with Crippen molar-refractivity contribution in [2.75, 3.05) is 0 Å². The van der Waals surface area contributed by atoms with Gasteiger partial charge in [0.1, 0.15) is 5.82 Å². The third kappa shape index (κ3) is 3.90. The van der Waals surface area contributed by atoms with Crippen molar-refractivity contribution in [1.29, 1.82) is 0 Å². The minimum Gasteiger partial charge on any atom is -0.299 e. The summed E-state index contributed by atoms with van der Waals surface area (Å²) in [6.45, 7) is 11.3. The van der Waals surface area contributed by atoms with Crippen molar-refractivity contribution in [2.45, 2.75) is 47.5 Å². The van der Waals surface area contributed by atoms with Gasteiger partial charge in [0, 0.05) is 18.0 Å². The van der Waals surface area contributed by atoms with E-state index < -0.39 is 0 Å². The second-order valence-corrected chi connectivity index (χ2v) is 8.06. The zero-order valence-corrected chi connectivity index (χ0v) is 16.7. The number of aromatic nitrogens is 2. The van der Waals surface area contributed by atoms with Gasteiger partial charge in [-0.25, -0.2) is 4.98 Å². The normalized spacial score (nSPS) is 11.5. The fraction of sp³-hybridized carbons (Fsp3) is 0.375. The topological polar surface area (TPSA) is 17.8 Å². The predicted molar refractivity (Wildman–Crippen MR) is 111 cm³/mol. The van der Waals surface area contributed by atoms with Crippen LogP contribution < -0.4 is 0 Å². The predicted octanol–water partition coefficient (Wildman–Crippen LogP) is 6.24. The molecule has 0 spiro atoms. The Balaban J connectivity index is 2.20. The Bertz CT molecular complexity index is 843. The van der Waals surface area contributed by atoms with Gasteiger partial charge in [0.25, 0.3) is 0 Å². The van der Waals surface area contributed by atoms with E-state index in [1.807, 2.05) is 6.20 Å². The van der Waals surface area contributed by atoms with E-state index in [0.717, 1.165) is 18.7 Å². The minimum atomic E-state index is 0.619. The third-order valence-electron chi connectivity index (χ3n) is 4.73. The lowest BCUT2D eigenvalue weighted by Crippen LogP contribution is -2.09. The molecule has 0 aliphatic rings. The summed E-state index contributed by atoms with van der Waals surface area (Å²) in [5, 5.41) is 0. The zero-order valence-electron chi connectivity index (χ0n) is 16.7. The average Bonchev–Trinajstić information content (AvgIpc) is 3.03. The molecule has 2 aromatic carbocycles. The largest absolute Gasteiger partial charge is 0.299 e. The van der Waals surface area contributed by atoms with Gasteiger partial charge in [-0.05, 0) is 48.3 Å². The first kappa shape index (κ1) is 18.4. The van der Waals surface area contributed by atoms with Crippen LogP contribution in [0.3, 0.4) is 0 Å². The molecule has 3 aromatic rings. The first-order valence-corrected chi connectivity index (χ1v) is 9.67. The van der Waals surface area contributed by atoms with E-state index in [1.165, 1.54) is 27.9 Å². The molecule has 1 aromatic heterocycles. The highest BCUT2D eigenvalue weighted by molar-refractivity contribution is 5.64. The maximum Gasteiger partial charge on any atom is 0.144 e. The van der Waals surface area contributed by atoms with Gasteiger partial charge in [0.15, 0.2) is 0 Å². The quantitative estimate of drug-likeness (QED) is 0.516. The summed E-state index contributed by atoms with van der Waals surface area (Å²) in [4.78, 5) is 4.73. The van der Waals surface area contributed by atoms with Crippen LogP contribution in [0.4, 0.5) is 0 Å². The van der Waals surface area contributed by atoms with Gasteiger partial charge in [0.2, 0.25) is 0 Å². The Labute approximate surface area is 157 Å². The van der Waals surface area contributed by atoms with E-state index in [4.69, 9.17) is 4.98 Å². The molecule has 0 bridgehead atoms. The summed E-state index contributed by atoms with van der Waals surface area (Å²) in [6, 6.07) is 15.3. The van der Waals surface area contributed by atoms with E-state index in [0.29, 0.717) is 11.8 Å². The van der Waals surface area contributed by atoms with Crippen LogP contribution in [-0.2, 0) is 12.8 Å². The van der Waals surface area contributed by atoms with Crippen LogP contribution in [0.15, 0.2) is 54.9 Å². The van der Waals surface area contributed by atoms with E-state index in [9.17, 15) is 0 Å². The molecule has 0 atom stereocenters. The summed E-state index contributed by atoms with van der Waals surface area (Å²) in [7, 11) is 0. The molecule has 2 heteroatoms. The Kier molecular flexibility index (Phi) is 5.61. The van der Waals surface area contributed by atoms with Gasteiger partial charge >= 0.3 is 0 Å². The number of rotatable bonds is 6. The number of benzene rings is 2. The summed E-state index contributed by atoms with van der Waals surface area (Å²) in [5.74, 6) is 2.27. The van der Waals surface area contributed by atoms with Crippen LogP contribution in [0.2, 0.25) is 0 Å². The number of nitrogens with zero attached hydrogens (tertiary/aromatic N) is 2. The average molecular weight is 347 g/mol. The maximum absolute atomic E-state index is 4.73. The van der Waals surface area contributed by atoms with Crippen LogP contribution in [0, 0.1) is 18.8 Å². The minimum absolute atomic E-state index is 0.619. The Hall–Kier alpha value is -2.35. The molecular formula is C24H30N2. The molecule has 26 heavy (non-hydrogen) atoms. The molecule has 0 fully saturated rings. The molecular weight excluding hydrogens is 316 g/mol. The van der Waals surface area contributed by atoms with Gasteiger partial charge < -0.3 is 0 Å². The lowest BCUT2D eigenvalue weighted by Gasteiger charge is -2.20. The zero-order chi connectivity index (χ0) is 18.7. The van der Waals surface area contributed by atoms with Crippen molar-refractivity contribution in [3.8, 4) is 17.1 Å². The lowest BCUT2D eigenvalue weighted by molar-refractivity contribution is 0.631. The van der Waals surface area contributed by atoms with Crippen LogP contribution >= 0.6 is 0 Å². The van der Waals surface area contributed by atoms with Crippen molar-refractivity contribution < 1.29 is 0 Å². The summed E-state index contributed by atoms with van der Waals surface area (Å²) >= 11 is 0. The summed E-state index contributed by atoms with van der Waals surface area (Å²) in [6.07, 6.45) is 6.19. The molecule has 3 rings (SSSR count). The van der Waals surface area contributed by atoms with Crippen LogP contribution in [0.25, 0.3) is 17.1 Å². The van der Waals surface area contributed by atoms with Crippen molar-refractivity contribution in [3.05, 3.63) is 71.5 Å². The Morgan fingerprint density at radius 3 is 2.04 bits per heavy atom. The number of hydrogen-bond acceptors (Lipinski definition) is 1. The van der Waals surface area contributed by atoms with E-state index in [-0.39, 0.29) is 0 Å². The summed E-state index contributed by atoms with van der Waals surface area (Å²) in [5.41, 5.74) is 6.60. The number of hydrogen-bond donors (Lipinski definition) is 0. The lowest BCUT2D eigenvalue weighted by atomic mass is 9.94. The highest BCUT2D eigenvalue weighted by atomic mass is 15.1. The van der Waals surface area contributed by atoms with Crippen molar-refractivity contribution in [1.82, 2.24) is 9.55 Å². The Morgan fingerprint density at radius 2 is 1.46 bits per heavy atom. The monoisotopic (exact) mass is 346 g/mol. The standard InChI is InChI=1S/C24H30N2/c1-17(2)15-20-10-8-11-21(16-18(3)4)23(20)26-14-13-25-24(26)22-12-7-6-9-19(22)5/h6-14,17-18H,15-16H2,1-5H3. The molecule has 2 nitrogen and oxygen atoms in total. The van der Waals surface area contributed by atoms with Crippen LogP contribution in [0.1, 0.15) is 44.4 Å². The third-order valence-corrected chi connectivity index (χ3v) is 4.73. The van der Waals surface area contributed by atoms with Crippen molar-refractivity contribution in [3.63, 3.8) is 0 Å². The van der Waals surface area contributed by atoms with Crippen LogP contribution in [-0.4, -0.2) is 9.55 Å². The van der Waals surface area contributed by atoms with Crippen LogP contribution in [0.5, 0.6) is 0 Å². The molecule has 0 saturated heterocycles. The maximum atomic E-state index is 4.73. The molecule has 1 heterocycles. The molecule has 0 radical (unpaired) electrons. The van der Waals surface area contributed by atoms with Gasteiger partial charge in [-0.1, -0.05) is 70.2 Å². The number of para-hydroxylation sites is 1. The van der Waals surface area contributed by atoms with Crippen molar-refractivity contribution >= 4 is 0 Å². The van der Waals surface area contributed by atoms with Gasteiger partial charge in [-0.2, -0.15) is 0 Å². The van der Waals surface area contributed by atoms with Gasteiger partial charge in [0.05, 0.1) is 5.69 Å². The van der Waals surface area contributed by atoms with Gasteiger partial charge in [-0.15, -0.1) is 0 Å². The Morgan fingerprint density at radius 1 is 0.846 bits per heavy atom. The fourth-order valence-corrected chi connectivity index (χ4v) is 3.67. The van der Waals surface area contributed by atoms with Crippen molar-refractivity contribution in [2.24, 2.45) is 11.8 Å². The van der Waals surface area contributed by atoms with E-state index in [1.54, 1.807) is 0 Å². The first-order valence-electron chi connectivity index (χ1n) is 9.67. The molecule has 0 aliphatic heterocycles. The molecule has 136 valence electrons. The highest BCUT2D eigenvalue weighted by Gasteiger charge is 2.17. The first-order chi connectivity index (χ1) is 12.5. The fourth-order valence-electron chi connectivity index (χ4n) is 3.67. The van der Waals surface area contributed by atoms with E-state index in [2.05, 4.69) is 87.8 Å². The second kappa shape index (κ2) is 7.90. The van der Waals surface area contributed by atoms with Gasteiger partial charge in [-0.3, -0.25) is 4.57 Å². The van der Waals surface area contributed by atoms with E-state index >= 15 is 0 Å². The number of aryl methyl sites for hydroxylation is 1. The highest BCUT2D eigenvalue weighted by Crippen LogP contribution is 2.30. The molecule has 0 saturated carbocycles. The molecule has 0 unspecified atom stereocenters.